The maximum Gasteiger partial charge on any atom is 0.222 e. The Morgan fingerprint density at radius 3 is 2.30 bits per heavy atom. The van der Waals surface area contributed by atoms with Crippen LogP contribution in [0.15, 0.2) is 4.99 Å². The SMILES string of the molecule is CCNC(=NCC(C)(C)OC)NCCNC(=O)C(C)C. The lowest BCUT2D eigenvalue weighted by Crippen LogP contribution is -2.43. The van der Waals surface area contributed by atoms with E-state index in [1.807, 2.05) is 34.6 Å². The number of guanidine groups is 1. The van der Waals surface area contributed by atoms with Crippen LogP contribution in [0.25, 0.3) is 0 Å². The number of aliphatic imine (C=N–C) groups is 1. The predicted molar refractivity (Wildman–Crippen MR) is 82.9 cm³/mol. The monoisotopic (exact) mass is 286 g/mol. The maximum absolute atomic E-state index is 11.4. The van der Waals surface area contributed by atoms with Gasteiger partial charge in [0.1, 0.15) is 0 Å². The second-order valence-electron chi connectivity index (χ2n) is 5.53. The van der Waals surface area contributed by atoms with E-state index in [-0.39, 0.29) is 17.4 Å². The van der Waals surface area contributed by atoms with Crippen molar-refractivity contribution in [2.75, 3.05) is 33.3 Å². The summed E-state index contributed by atoms with van der Waals surface area (Å²) in [7, 11) is 1.68. The third kappa shape index (κ3) is 8.74. The fourth-order valence-corrected chi connectivity index (χ4v) is 1.25. The number of nitrogens with one attached hydrogen (secondary N) is 3. The quantitative estimate of drug-likeness (QED) is 0.349. The van der Waals surface area contributed by atoms with Crippen LogP contribution in [0.5, 0.6) is 0 Å². The van der Waals surface area contributed by atoms with Crippen LogP contribution in [0.3, 0.4) is 0 Å². The number of carbonyl (C=O) groups excluding carboxylic acids is 1. The van der Waals surface area contributed by atoms with Crippen molar-refractivity contribution < 1.29 is 9.53 Å². The summed E-state index contributed by atoms with van der Waals surface area (Å²) in [5, 5.41) is 9.20. The van der Waals surface area contributed by atoms with Crippen molar-refractivity contribution in [1.29, 1.82) is 0 Å². The van der Waals surface area contributed by atoms with Gasteiger partial charge in [-0.2, -0.15) is 0 Å². The van der Waals surface area contributed by atoms with Gasteiger partial charge in [-0.1, -0.05) is 13.8 Å². The molecule has 0 aliphatic heterocycles. The third-order valence-corrected chi connectivity index (χ3v) is 2.76. The molecule has 20 heavy (non-hydrogen) atoms. The Morgan fingerprint density at radius 2 is 1.80 bits per heavy atom. The Kier molecular flexibility index (Phi) is 8.96. The lowest BCUT2D eigenvalue weighted by Gasteiger charge is -2.21. The average Bonchev–Trinajstić information content (AvgIpc) is 2.40. The Balaban J connectivity index is 4.15. The highest BCUT2D eigenvalue weighted by molar-refractivity contribution is 5.80. The van der Waals surface area contributed by atoms with E-state index in [0.29, 0.717) is 19.6 Å². The zero-order valence-electron chi connectivity index (χ0n) is 13.7. The molecule has 0 spiro atoms. The molecule has 6 heteroatoms. The molecule has 0 rings (SSSR count). The van der Waals surface area contributed by atoms with Gasteiger partial charge in [0.05, 0.1) is 12.1 Å². The van der Waals surface area contributed by atoms with Crippen molar-refractivity contribution in [3.05, 3.63) is 0 Å². The summed E-state index contributed by atoms with van der Waals surface area (Å²) in [6.45, 7) is 12.3. The van der Waals surface area contributed by atoms with Gasteiger partial charge in [-0.3, -0.25) is 9.79 Å². The summed E-state index contributed by atoms with van der Waals surface area (Å²) in [4.78, 5) is 15.9. The molecular weight excluding hydrogens is 256 g/mol. The molecule has 3 N–H and O–H groups in total. The van der Waals surface area contributed by atoms with Crippen LogP contribution in [-0.4, -0.2) is 50.8 Å². The number of nitrogens with zero attached hydrogens (tertiary/aromatic N) is 1. The molecule has 0 fully saturated rings. The normalized spacial score (nSPS) is 12.4. The lowest BCUT2D eigenvalue weighted by molar-refractivity contribution is -0.123. The van der Waals surface area contributed by atoms with Crippen LogP contribution in [0.1, 0.15) is 34.6 Å². The van der Waals surface area contributed by atoms with Crippen molar-refractivity contribution in [3.8, 4) is 0 Å². The number of ether oxygens (including phenoxy) is 1. The molecule has 0 aliphatic rings. The fourth-order valence-electron chi connectivity index (χ4n) is 1.25. The molecule has 6 nitrogen and oxygen atoms in total. The van der Waals surface area contributed by atoms with Crippen LogP contribution in [-0.2, 0) is 9.53 Å². The summed E-state index contributed by atoms with van der Waals surface area (Å²) < 4.78 is 5.33. The molecular formula is C14H30N4O2. The number of carbonyl (C=O) groups is 1. The van der Waals surface area contributed by atoms with Crippen molar-refractivity contribution in [2.45, 2.75) is 40.2 Å². The molecule has 1 amide bonds. The summed E-state index contributed by atoms with van der Waals surface area (Å²) in [6.07, 6.45) is 0. The van der Waals surface area contributed by atoms with Crippen LogP contribution in [0.2, 0.25) is 0 Å². The molecule has 0 heterocycles. The first kappa shape index (κ1) is 18.7. The van der Waals surface area contributed by atoms with Crippen molar-refractivity contribution in [1.82, 2.24) is 16.0 Å². The Bertz CT molecular complexity index is 314. The first-order valence-corrected chi connectivity index (χ1v) is 7.17. The molecule has 0 bridgehead atoms. The minimum atomic E-state index is -0.284. The number of hydrogen-bond acceptors (Lipinski definition) is 3. The van der Waals surface area contributed by atoms with Gasteiger partial charge in [-0.05, 0) is 20.8 Å². The first-order valence-electron chi connectivity index (χ1n) is 7.17. The summed E-state index contributed by atoms with van der Waals surface area (Å²) in [6, 6.07) is 0. The summed E-state index contributed by atoms with van der Waals surface area (Å²) in [5.41, 5.74) is -0.284. The summed E-state index contributed by atoms with van der Waals surface area (Å²) >= 11 is 0. The largest absolute Gasteiger partial charge is 0.377 e. The van der Waals surface area contributed by atoms with Gasteiger partial charge in [0.25, 0.3) is 0 Å². The lowest BCUT2D eigenvalue weighted by atomic mass is 10.1. The topological polar surface area (TPSA) is 74.8 Å². The first-order chi connectivity index (χ1) is 9.32. The molecule has 0 saturated heterocycles. The molecule has 0 radical (unpaired) electrons. The molecule has 0 unspecified atom stereocenters. The second kappa shape index (κ2) is 9.58. The Morgan fingerprint density at radius 1 is 1.20 bits per heavy atom. The van der Waals surface area contributed by atoms with E-state index < -0.39 is 0 Å². The van der Waals surface area contributed by atoms with Gasteiger partial charge in [0, 0.05) is 32.7 Å². The van der Waals surface area contributed by atoms with E-state index in [4.69, 9.17) is 4.74 Å². The van der Waals surface area contributed by atoms with Crippen LogP contribution < -0.4 is 16.0 Å². The Labute approximate surface area is 122 Å². The molecule has 118 valence electrons. The van der Waals surface area contributed by atoms with Gasteiger partial charge >= 0.3 is 0 Å². The number of rotatable bonds is 8. The predicted octanol–water partition coefficient (Wildman–Crippen LogP) is 0.739. The van der Waals surface area contributed by atoms with Crippen molar-refractivity contribution in [3.63, 3.8) is 0 Å². The number of amides is 1. The van der Waals surface area contributed by atoms with E-state index in [9.17, 15) is 4.79 Å². The van der Waals surface area contributed by atoms with Gasteiger partial charge in [0.15, 0.2) is 5.96 Å². The van der Waals surface area contributed by atoms with Crippen LogP contribution in [0, 0.1) is 5.92 Å². The smallest absolute Gasteiger partial charge is 0.222 e. The molecule has 0 saturated carbocycles. The van der Waals surface area contributed by atoms with Gasteiger partial charge in [-0.25, -0.2) is 0 Å². The zero-order chi connectivity index (χ0) is 15.6. The Hall–Kier alpha value is -1.30. The average molecular weight is 286 g/mol. The maximum atomic E-state index is 11.4. The van der Waals surface area contributed by atoms with E-state index >= 15 is 0 Å². The van der Waals surface area contributed by atoms with E-state index in [0.717, 1.165) is 12.5 Å². The zero-order valence-corrected chi connectivity index (χ0v) is 13.7. The third-order valence-electron chi connectivity index (χ3n) is 2.76. The minimum absolute atomic E-state index is 0.0133. The van der Waals surface area contributed by atoms with E-state index in [1.165, 1.54) is 0 Å². The minimum Gasteiger partial charge on any atom is -0.377 e. The molecule has 0 atom stereocenters. The van der Waals surface area contributed by atoms with Gasteiger partial charge < -0.3 is 20.7 Å². The fraction of sp³-hybridized carbons (Fsp3) is 0.857. The van der Waals surface area contributed by atoms with Crippen molar-refractivity contribution >= 4 is 11.9 Å². The molecule has 0 aliphatic carbocycles. The molecule has 0 aromatic carbocycles. The van der Waals surface area contributed by atoms with E-state index in [1.54, 1.807) is 7.11 Å². The molecule has 0 aromatic heterocycles. The van der Waals surface area contributed by atoms with Gasteiger partial charge in [0.2, 0.25) is 5.91 Å². The van der Waals surface area contributed by atoms with Crippen LogP contribution >= 0.6 is 0 Å². The molecule has 0 aromatic rings. The number of methoxy groups -OCH3 is 1. The van der Waals surface area contributed by atoms with Gasteiger partial charge in [-0.15, -0.1) is 0 Å². The second-order valence-corrected chi connectivity index (χ2v) is 5.53. The van der Waals surface area contributed by atoms with Crippen LogP contribution in [0.4, 0.5) is 0 Å². The highest BCUT2D eigenvalue weighted by Gasteiger charge is 2.15. The highest BCUT2D eigenvalue weighted by atomic mass is 16.5. The summed E-state index contributed by atoms with van der Waals surface area (Å²) in [5.74, 6) is 0.810. The number of hydrogen-bond donors (Lipinski definition) is 3. The highest BCUT2D eigenvalue weighted by Crippen LogP contribution is 2.06. The van der Waals surface area contributed by atoms with Crippen molar-refractivity contribution in [2.24, 2.45) is 10.9 Å². The van der Waals surface area contributed by atoms with E-state index in [2.05, 4.69) is 20.9 Å². The standard InChI is InChI=1S/C14H30N4O2/c1-7-15-13(18-10-14(4,5)20-6)17-9-8-16-12(19)11(2)3/h11H,7-10H2,1-6H3,(H,16,19)(H2,15,17,18).